The topological polar surface area (TPSA) is 49.8 Å². The summed E-state index contributed by atoms with van der Waals surface area (Å²) in [6.45, 7) is 3.90. The maximum atomic E-state index is 13.3. The summed E-state index contributed by atoms with van der Waals surface area (Å²) in [4.78, 5) is 10.1. The van der Waals surface area contributed by atoms with E-state index >= 15 is 0 Å². The lowest BCUT2D eigenvalue weighted by Crippen LogP contribution is -2.03. The van der Waals surface area contributed by atoms with Gasteiger partial charge in [0, 0.05) is 11.4 Å². The summed E-state index contributed by atoms with van der Waals surface area (Å²) in [5, 5.41) is 9.57. The second kappa shape index (κ2) is 6.72. The largest absolute Gasteiger partial charge is 0.339 e. The molecule has 4 rings (SSSR count). The van der Waals surface area contributed by atoms with Crippen LogP contribution in [0.4, 0.5) is 27.5 Å². The van der Waals surface area contributed by atoms with Gasteiger partial charge in [-0.1, -0.05) is 18.2 Å². The number of nitrogens with one attached hydrogen (secondary N) is 2. The molecule has 4 aromatic rings. The number of hydrogen-bond donors (Lipinski definition) is 2. The fraction of sp³-hybridized carbons (Fsp3) is 0.100. The third kappa shape index (κ3) is 3.23. The Labute approximate surface area is 154 Å². The summed E-state index contributed by atoms with van der Waals surface area (Å²) in [5.74, 6) is 0.961. The minimum absolute atomic E-state index is 0.260. The first-order valence-corrected chi connectivity index (χ1v) is 9.09. The highest BCUT2D eigenvalue weighted by Gasteiger charge is 2.11. The van der Waals surface area contributed by atoms with E-state index in [4.69, 9.17) is 0 Å². The minimum Gasteiger partial charge on any atom is -0.339 e. The highest BCUT2D eigenvalue weighted by atomic mass is 32.1. The molecule has 130 valence electrons. The van der Waals surface area contributed by atoms with Crippen molar-refractivity contribution in [3.8, 4) is 0 Å². The van der Waals surface area contributed by atoms with E-state index in [0.29, 0.717) is 5.95 Å². The van der Waals surface area contributed by atoms with Gasteiger partial charge in [-0.05, 0) is 60.7 Å². The molecule has 2 aromatic carbocycles. The Kier molecular flexibility index (Phi) is 4.26. The third-order valence-electron chi connectivity index (χ3n) is 4.16. The van der Waals surface area contributed by atoms with Crippen LogP contribution in [0, 0.1) is 19.7 Å². The first-order chi connectivity index (χ1) is 12.6. The van der Waals surface area contributed by atoms with Crippen LogP contribution >= 0.6 is 11.3 Å². The molecular weight excluding hydrogens is 347 g/mol. The van der Waals surface area contributed by atoms with Crippen molar-refractivity contribution in [1.29, 1.82) is 0 Å². The first kappa shape index (κ1) is 16.5. The number of halogens is 1. The van der Waals surface area contributed by atoms with Crippen LogP contribution in [0.2, 0.25) is 0 Å². The molecule has 2 heterocycles. The van der Waals surface area contributed by atoms with Crippen LogP contribution in [-0.4, -0.2) is 9.97 Å². The lowest BCUT2D eigenvalue weighted by molar-refractivity contribution is 0.627. The van der Waals surface area contributed by atoms with Crippen LogP contribution in [0.25, 0.3) is 10.2 Å². The number of rotatable bonds is 4. The highest BCUT2D eigenvalue weighted by Crippen LogP contribution is 2.31. The van der Waals surface area contributed by atoms with Gasteiger partial charge in [-0.25, -0.2) is 9.37 Å². The molecule has 0 aliphatic carbocycles. The van der Waals surface area contributed by atoms with E-state index in [1.165, 1.54) is 12.1 Å². The van der Waals surface area contributed by atoms with Crippen LogP contribution in [0.3, 0.4) is 0 Å². The molecule has 0 saturated heterocycles. The van der Waals surface area contributed by atoms with Crippen molar-refractivity contribution < 1.29 is 4.39 Å². The molecule has 0 saturated carbocycles. The van der Waals surface area contributed by atoms with Crippen molar-refractivity contribution in [2.75, 3.05) is 10.6 Å². The summed E-state index contributed by atoms with van der Waals surface area (Å²) in [6, 6.07) is 14.7. The van der Waals surface area contributed by atoms with Gasteiger partial charge in [0.15, 0.2) is 0 Å². The van der Waals surface area contributed by atoms with Gasteiger partial charge in [0.2, 0.25) is 5.95 Å². The van der Waals surface area contributed by atoms with Gasteiger partial charge < -0.3 is 10.6 Å². The molecule has 6 heteroatoms. The fourth-order valence-corrected chi connectivity index (χ4v) is 3.50. The fourth-order valence-electron chi connectivity index (χ4n) is 2.74. The average molecular weight is 364 g/mol. The molecule has 0 aliphatic heterocycles. The molecular formula is C20H17FN4S. The van der Waals surface area contributed by atoms with Crippen molar-refractivity contribution in [2.45, 2.75) is 13.8 Å². The number of para-hydroxylation sites is 1. The van der Waals surface area contributed by atoms with E-state index in [2.05, 4.69) is 33.6 Å². The lowest BCUT2D eigenvalue weighted by atomic mass is 10.2. The van der Waals surface area contributed by atoms with Gasteiger partial charge in [0.05, 0.1) is 5.39 Å². The minimum atomic E-state index is -0.260. The Morgan fingerprint density at radius 3 is 2.50 bits per heavy atom. The molecule has 0 aliphatic rings. The van der Waals surface area contributed by atoms with Crippen molar-refractivity contribution in [3.05, 3.63) is 70.9 Å². The third-order valence-corrected chi connectivity index (χ3v) is 4.96. The summed E-state index contributed by atoms with van der Waals surface area (Å²) in [7, 11) is 0. The lowest BCUT2D eigenvalue weighted by Gasteiger charge is -2.12. The molecule has 26 heavy (non-hydrogen) atoms. The van der Waals surface area contributed by atoms with Crippen molar-refractivity contribution in [1.82, 2.24) is 9.97 Å². The standard InChI is InChI=1S/C20H17FN4S/c1-12-5-3-4-6-16(12)22-18-15-9-10-26-19(15)25-20(24-18)23-17-8-7-14(21)11-13(17)2/h3-11H,1-2H3,(H2,22,23,24,25). The second-order valence-corrected chi connectivity index (χ2v) is 6.95. The van der Waals surface area contributed by atoms with Crippen LogP contribution in [0.1, 0.15) is 11.1 Å². The SMILES string of the molecule is Cc1cc(F)ccc1Nc1nc(Nc2ccccc2C)c2ccsc2n1. The van der Waals surface area contributed by atoms with E-state index in [9.17, 15) is 4.39 Å². The van der Waals surface area contributed by atoms with E-state index in [1.807, 2.05) is 36.6 Å². The quantitative estimate of drug-likeness (QED) is 0.471. The van der Waals surface area contributed by atoms with Gasteiger partial charge in [-0.2, -0.15) is 4.98 Å². The zero-order valence-electron chi connectivity index (χ0n) is 14.4. The van der Waals surface area contributed by atoms with Gasteiger partial charge in [0.1, 0.15) is 16.5 Å². The monoisotopic (exact) mass is 364 g/mol. The van der Waals surface area contributed by atoms with Crippen molar-refractivity contribution in [3.63, 3.8) is 0 Å². The van der Waals surface area contributed by atoms with E-state index in [0.717, 1.165) is 38.5 Å². The van der Waals surface area contributed by atoms with Crippen LogP contribution in [-0.2, 0) is 0 Å². The Hall–Kier alpha value is -2.99. The zero-order chi connectivity index (χ0) is 18.1. The number of hydrogen-bond acceptors (Lipinski definition) is 5. The van der Waals surface area contributed by atoms with Crippen LogP contribution in [0.5, 0.6) is 0 Å². The van der Waals surface area contributed by atoms with E-state index < -0.39 is 0 Å². The molecule has 2 N–H and O–H groups in total. The van der Waals surface area contributed by atoms with Crippen LogP contribution in [0.15, 0.2) is 53.9 Å². The van der Waals surface area contributed by atoms with Crippen molar-refractivity contribution in [2.24, 2.45) is 0 Å². The first-order valence-electron chi connectivity index (χ1n) is 8.21. The number of aromatic nitrogens is 2. The zero-order valence-corrected chi connectivity index (χ0v) is 15.2. The molecule has 0 atom stereocenters. The molecule has 0 radical (unpaired) electrons. The Balaban J connectivity index is 1.74. The number of anilines is 4. The Morgan fingerprint density at radius 1 is 0.885 bits per heavy atom. The summed E-state index contributed by atoms with van der Waals surface area (Å²) >= 11 is 1.56. The summed E-state index contributed by atoms with van der Waals surface area (Å²) in [5.41, 5.74) is 3.72. The summed E-state index contributed by atoms with van der Waals surface area (Å²) < 4.78 is 13.3. The molecule has 2 aromatic heterocycles. The maximum Gasteiger partial charge on any atom is 0.230 e. The van der Waals surface area contributed by atoms with Gasteiger partial charge in [-0.15, -0.1) is 11.3 Å². The molecule has 4 nitrogen and oxygen atoms in total. The van der Waals surface area contributed by atoms with E-state index in [-0.39, 0.29) is 5.82 Å². The second-order valence-electron chi connectivity index (χ2n) is 6.06. The van der Waals surface area contributed by atoms with Gasteiger partial charge >= 0.3 is 0 Å². The average Bonchev–Trinajstić information content (AvgIpc) is 3.08. The molecule has 0 unspecified atom stereocenters. The number of benzene rings is 2. The van der Waals surface area contributed by atoms with Crippen LogP contribution < -0.4 is 10.6 Å². The highest BCUT2D eigenvalue weighted by molar-refractivity contribution is 7.16. The molecule has 0 amide bonds. The number of nitrogens with zero attached hydrogens (tertiary/aromatic N) is 2. The predicted octanol–water partition coefficient (Wildman–Crippen LogP) is 5.93. The van der Waals surface area contributed by atoms with E-state index in [1.54, 1.807) is 17.4 Å². The Morgan fingerprint density at radius 2 is 1.69 bits per heavy atom. The normalized spacial score (nSPS) is 10.9. The predicted molar refractivity (Wildman–Crippen MR) is 106 cm³/mol. The number of aryl methyl sites for hydroxylation is 2. The van der Waals surface area contributed by atoms with Crippen molar-refractivity contribution >= 4 is 44.7 Å². The number of fused-ring (bicyclic) bond motifs is 1. The molecule has 0 spiro atoms. The van der Waals surface area contributed by atoms with Gasteiger partial charge in [0.25, 0.3) is 0 Å². The smallest absolute Gasteiger partial charge is 0.230 e. The molecule has 0 fully saturated rings. The Bertz CT molecular complexity index is 1090. The maximum absolute atomic E-state index is 13.3. The summed E-state index contributed by atoms with van der Waals surface area (Å²) in [6.07, 6.45) is 0. The number of thiophene rings is 1. The molecule has 0 bridgehead atoms. The van der Waals surface area contributed by atoms with Gasteiger partial charge in [-0.3, -0.25) is 0 Å².